The monoisotopic (exact) mass is 312 g/mol. The minimum Gasteiger partial charge on any atom is -0.490 e. The fraction of sp³-hybridized carbons (Fsp3) is 0.222. The highest BCUT2D eigenvalue weighted by Gasteiger charge is 2.10. The lowest BCUT2D eigenvalue weighted by Crippen LogP contribution is -2.27. The number of benzene rings is 2. The summed E-state index contributed by atoms with van der Waals surface area (Å²) in [5.41, 5.74) is 1.52. The number of carbonyl (C=O) groups excluding carboxylic acids is 1. The van der Waals surface area contributed by atoms with Gasteiger partial charge in [0.25, 0.3) is 0 Å². The average molecular weight is 312 g/mol. The van der Waals surface area contributed by atoms with Crippen LogP contribution in [0.4, 0.5) is 4.39 Å². The summed E-state index contributed by atoms with van der Waals surface area (Å²) in [5.74, 6) is -0.383. The Bertz CT molecular complexity index is 708. The van der Waals surface area contributed by atoms with Crippen molar-refractivity contribution in [1.29, 1.82) is 5.26 Å². The molecule has 0 heterocycles. The number of nitrogens with zero attached hydrogens (tertiary/aromatic N) is 2. The molecule has 0 bridgehead atoms. The Morgan fingerprint density at radius 2 is 1.91 bits per heavy atom. The van der Waals surface area contributed by atoms with Gasteiger partial charge in [0.1, 0.15) is 0 Å². The Morgan fingerprint density at radius 1 is 1.22 bits per heavy atom. The normalized spacial score (nSPS) is 9.96. The van der Waals surface area contributed by atoms with Crippen molar-refractivity contribution in [1.82, 2.24) is 4.90 Å². The van der Waals surface area contributed by atoms with E-state index in [1.54, 1.807) is 36.2 Å². The van der Waals surface area contributed by atoms with Gasteiger partial charge in [0, 0.05) is 13.6 Å². The molecule has 0 spiro atoms. The molecule has 0 saturated carbocycles. The third kappa shape index (κ3) is 4.82. The van der Waals surface area contributed by atoms with Crippen molar-refractivity contribution in [3.63, 3.8) is 0 Å². The van der Waals surface area contributed by atoms with Gasteiger partial charge in [0.2, 0.25) is 5.91 Å². The summed E-state index contributed by atoms with van der Waals surface area (Å²) < 4.78 is 18.7. The molecule has 0 atom stereocenters. The predicted molar refractivity (Wildman–Crippen MR) is 84.1 cm³/mol. The third-order valence-corrected chi connectivity index (χ3v) is 3.34. The summed E-state index contributed by atoms with van der Waals surface area (Å²) >= 11 is 0. The lowest BCUT2D eigenvalue weighted by molar-refractivity contribution is -0.130. The Morgan fingerprint density at radius 3 is 2.57 bits per heavy atom. The fourth-order valence-corrected chi connectivity index (χ4v) is 2.05. The Labute approximate surface area is 134 Å². The van der Waals surface area contributed by atoms with Gasteiger partial charge in [0.15, 0.2) is 11.6 Å². The molecule has 0 unspecified atom stereocenters. The molecule has 2 aromatic rings. The lowest BCUT2D eigenvalue weighted by atomic mass is 10.1. The zero-order valence-electron chi connectivity index (χ0n) is 12.8. The van der Waals surface area contributed by atoms with Gasteiger partial charge in [0.05, 0.1) is 24.7 Å². The zero-order chi connectivity index (χ0) is 16.7. The van der Waals surface area contributed by atoms with Crippen molar-refractivity contribution in [2.45, 2.75) is 13.0 Å². The van der Waals surface area contributed by atoms with E-state index in [0.717, 1.165) is 5.56 Å². The maximum Gasteiger partial charge on any atom is 0.226 e. The van der Waals surface area contributed by atoms with Gasteiger partial charge in [-0.15, -0.1) is 0 Å². The summed E-state index contributed by atoms with van der Waals surface area (Å²) in [6.07, 6.45) is 0.168. The van der Waals surface area contributed by atoms with E-state index in [9.17, 15) is 9.18 Å². The summed E-state index contributed by atoms with van der Waals surface area (Å²) in [6, 6.07) is 15.2. The number of hydrogen-bond donors (Lipinski definition) is 0. The van der Waals surface area contributed by atoms with Crippen molar-refractivity contribution in [2.75, 3.05) is 13.7 Å². The molecule has 0 aromatic heterocycles. The van der Waals surface area contributed by atoms with Crippen molar-refractivity contribution in [3.05, 3.63) is 65.5 Å². The number of para-hydroxylation sites is 1. The highest BCUT2D eigenvalue weighted by molar-refractivity contribution is 5.76. The molecule has 0 saturated heterocycles. The molecule has 23 heavy (non-hydrogen) atoms. The molecule has 0 aliphatic carbocycles. The van der Waals surface area contributed by atoms with Crippen LogP contribution in [-0.4, -0.2) is 24.5 Å². The molecule has 2 rings (SSSR count). The molecular weight excluding hydrogens is 295 g/mol. The molecule has 5 heteroatoms. The van der Waals surface area contributed by atoms with Crippen molar-refractivity contribution in [2.24, 2.45) is 0 Å². The van der Waals surface area contributed by atoms with Crippen LogP contribution in [0.2, 0.25) is 0 Å². The third-order valence-electron chi connectivity index (χ3n) is 3.34. The van der Waals surface area contributed by atoms with Crippen molar-refractivity contribution in [3.8, 4) is 11.8 Å². The standard InChI is InChI=1S/C18H17FN2O2/c1-21(13-15-8-6-14(12-20)7-9-15)18(22)10-11-23-17-5-3-2-4-16(17)19/h2-9H,10-11,13H2,1H3. The first-order valence-electron chi connectivity index (χ1n) is 7.20. The maximum atomic E-state index is 13.4. The quantitative estimate of drug-likeness (QED) is 0.823. The van der Waals surface area contributed by atoms with Crippen LogP contribution >= 0.6 is 0 Å². The lowest BCUT2D eigenvalue weighted by Gasteiger charge is -2.17. The molecule has 0 aliphatic rings. The summed E-state index contributed by atoms with van der Waals surface area (Å²) in [4.78, 5) is 13.6. The maximum absolute atomic E-state index is 13.4. The summed E-state index contributed by atoms with van der Waals surface area (Å²) in [6.45, 7) is 0.571. The van der Waals surface area contributed by atoms with E-state index < -0.39 is 5.82 Å². The van der Waals surface area contributed by atoms with Crippen LogP contribution in [0.1, 0.15) is 17.5 Å². The van der Waals surface area contributed by atoms with Crippen LogP contribution in [0.3, 0.4) is 0 Å². The van der Waals surface area contributed by atoms with Crippen LogP contribution < -0.4 is 4.74 Å². The van der Waals surface area contributed by atoms with Gasteiger partial charge in [-0.25, -0.2) is 4.39 Å². The van der Waals surface area contributed by atoms with Crippen LogP contribution in [0.5, 0.6) is 5.75 Å². The number of carbonyl (C=O) groups is 1. The zero-order valence-corrected chi connectivity index (χ0v) is 12.8. The van der Waals surface area contributed by atoms with E-state index in [2.05, 4.69) is 6.07 Å². The van der Waals surface area contributed by atoms with Gasteiger partial charge in [-0.1, -0.05) is 24.3 Å². The van der Waals surface area contributed by atoms with Crippen LogP contribution in [-0.2, 0) is 11.3 Å². The molecule has 0 N–H and O–H groups in total. The molecule has 1 amide bonds. The summed E-state index contributed by atoms with van der Waals surface area (Å²) in [5, 5.41) is 8.75. The largest absolute Gasteiger partial charge is 0.490 e. The van der Waals surface area contributed by atoms with Gasteiger partial charge in [-0.05, 0) is 29.8 Å². The van der Waals surface area contributed by atoms with Gasteiger partial charge in [-0.3, -0.25) is 4.79 Å². The Balaban J connectivity index is 1.80. The number of hydrogen-bond acceptors (Lipinski definition) is 3. The Kier molecular flexibility index (Phi) is 5.70. The van der Waals surface area contributed by atoms with Crippen LogP contribution in [0, 0.1) is 17.1 Å². The van der Waals surface area contributed by atoms with Gasteiger partial charge < -0.3 is 9.64 Å². The van der Waals surface area contributed by atoms with Gasteiger partial charge >= 0.3 is 0 Å². The second-order valence-electron chi connectivity index (χ2n) is 5.09. The average Bonchev–Trinajstić information content (AvgIpc) is 2.57. The SMILES string of the molecule is CN(Cc1ccc(C#N)cc1)C(=O)CCOc1ccccc1F. The Hall–Kier alpha value is -2.87. The number of halogens is 1. The molecule has 2 aromatic carbocycles. The van der Waals surface area contributed by atoms with Crippen LogP contribution in [0.15, 0.2) is 48.5 Å². The fourth-order valence-electron chi connectivity index (χ4n) is 2.05. The molecule has 0 radical (unpaired) electrons. The second kappa shape index (κ2) is 7.95. The molecule has 118 valence electrons. The molecular formula is C18H17FN2O2. The molecule has 0 fully saturated rings. The number of nitriles is 1. The van der Waals surface area contributed by atoms with Crippen molar-refractivity contribution >= 4 is 5.91 Å². The van der Waals surface area contributed by atoms with Crippen LogP contribution in [0.25, 0.3) is 0 Å². The van der Waals surface area contributed by atoms with E-state index in [1.807, 2.05) is 12.1 Å². The number of rotatable bonds is 6. The van der Waals surface area contributed by atoms with E-state index in [4.69, 9.17) is 10.00 Å². The minimum atomic E-state index is -0.439. The predicted octanol–water partition coefficient (Wildman–Crippen LogP) is 3.12. The van der Waals surface area contributed by atoms with E-state index in [-0.39, 0.29) is 24.7 Å². The number of amides is 1. The highest BCUT2D eigenvalue weighted by atomic mass is 19.1. The van der Waals surface area contributed by atoms with Gasteiger partial charge in [-0.2, -0.15) is 5.26 Å². The minimum absolute atomic E-state index is 0.0919. The number of ether oxygens (including phenoxy) is 1. The van der Waals surface area contributed by atoms with E-state index in [0.29, 0.717) is 12.1 Å². The topological polar surface area (TPSA) is 53.3 Å². The molecule has 0 aliphatic heterocycles. The van der Waals surface area contributed by atoms with E-state index in [1.165, 1.54) is 12.1 Å². The first-order chi connectivity index (χ1) is 11.1. The van der Waals surface area contributed by atoms with E-state index >= 15 is 0 Å². The highest BCUT2D eigenvalue weighted by Crippen LogP contribution is 2.15. The van der Waals surface area contributed by atoms with Crippen molar-refractivity contribution < 1.29 is 13.9 Å². The molecule has 4 nitrogen and oxygen atoms in total. The first kappa shape index (κ1) is 16.5. The first-order valence-corrected chi connectivity index (χ1v) is 7.20. The summed E-state index contributed by atoms with van der Waals surface area (Å²) in [7, 11) is 1.70. The second-order valence-corrected chi connectivity index (χ2v) is 5.09. The smallest absolute Gasteiger partial charge is 0.226 e.